The van der Waals surface area contributed by atoms with E-state index in [4.69, 9.17) is 28.1 Å². The number of aliphatic hydroxyl groups is 4. The van der Waals surface area contributed by atoms with Crippen LogP contribution >= 0.6 is 45.3 Å². The zero-order valence-electron chi connectivity index (χ0n) is 85.6. The molecular weight excluding hydrogens is 1970 g/mol. The van der Waals surface area contributed by atoms with Crippen LogP contribution in [-0.2, 0) is 60.3 Å². The fraction of sp³-hybridized carbons (Fsp3) is 0.444. The second-order valence-corrected chi connectivity index (χ2v) is 45.2. The number of H-pyrrole nitrogens is 2. The van der Waals surface area contributed by atoms with Crippen molar-refractivity contribution < 1.29 is 76.9 Å². The normalized spacial score (nSPS) is 24.6. The number of nitrogens with one attached hydrogen (secondary N) is 4. The lowest BCUT2D eigenvalue weighted by molar-refractivity contribution is -0.135. The molecule has 0 spiro atoms. The van der Waals surface area contributed by atoms with Crippen molar-refractivity contribution in [2.24, 2.45) is 43.6 Å². The number of aryl methyl sites for hydroxylation is 6. The number of rotatable bonds is 24. The van der Waals surface area contributed by atoms with Gasteiger partial charge in [0.15, 0.2) is 34.2 Å². The Labute approximate surface area is 870 Å². The molecule has 8 aliphatic rings. The molecular formula is C108H122N18O18S4. The van der Waals surface area contributed by atoms with E-state index in [-0.39, 0.29) is 133 Å². The molecule has 8 aromatic heterocycles. The Morgan fingerprint density at radius 3 is 0.980 bits per heavy atom. The quantitative estimate of drug-likeness (QED) is 0.0278. The number of hydrogen-bond acceptors (Lipinski definition) is 30. The summed E-state index contributed by atoms with van der Waals surface area (Å²) < 4.78 is 21.2. The number of aromatic nitrogens is 8. The first kappa shape index (κ1) is 106. The highest BCUT2D eigenvalue weighted by molar-refractivity contribution is 7.14. The molecule has 4 fully saturated rings. The molecule has 4 saturated heterocycles. The molecule has 148 heavy (non-hydrogen) atoms. The van der Waals surface area contributed by atoms with Gasteiger partial charge in [0.25, 0.3) is 34.7 Å². The number of benzene rings is 4. The summed E-state index contributed by atoms with van der Waals surface area (Å²) in [6.45, 7) is 34.5. The Hall–Kier alpha value is -13.5. The van der Waals surface area contributed by atoms with Gasteiger partial charge in [-0.1, -0.05) is 163 Å². The van der Waals surface area contributed by atoms with Crippen molar-refractivity contribution in [3.63, 3.8) is 0 Å². The summed E-state index contributed by atoms with van der Waals surface area (Å²) in [5.41, 5.74) is 11.9. The van der Waals surface area contributed by atoms with Gasteiger partial charge in [0.1, 0.15) is 35.3 Å². The van der Waals surface area contributed by atoms with E-state index in [0.717, 1.165) is 65.6 Å². The zero-order valence-corrected chi connectivity index (χ0v) is 88.8. The van der Waals surface area contributed by atoms with Gasteiger partial charge in [0, 0.05) is 98.0 Å². The van der Waals surface area contributed by atoms with Gasteiger partial charge in [-0.3, -0.25) is 47.9 Å². The van der Waals surface area contributed by atoms with Crippen LogP contribution in [0.15, 0.2) is 191 Å². The van der Waals surface area contributed by atoms with Crippen LogP contribution in [0.25, 0.3) is 41.8 Å². The van der Waals surface area contributed by atoms with Crippen LogP contribution in [0.1, 0.15) is 225 Å². The molecule has 36 nitrogen and oxygen atoms in total. The van der Waals surface area contributed by atoms with Crippen LogP contribution in [0, 0.1) is 65.2 Å². The number of carbonyl (C=O) groups is 8. The zero-order chi connectivity index (χ0) is 106. The number of aliphatic hydroxyl groups excluding tert-OH is 4. The standard InChI is InChI=1S/2C27H31N5O4S.2C27H30N4O5S/c2*1-14(2)22(24-29-16(4)31-36-24)25(34)32-12-19(33)10-21(32)20-11-27(5,26(35)30-20)18-8-6-17(7-9-18)23-15(3)28-13-37-23;2*1-14(2)22(20-12-21(33)30-36-20)25(34)31-13-18(32)11-19(31)24-28-26(35)27(4,29-24)17-7-5-16(6-8-17)23-15(3)9-10-37-23/h2*6-9,13-14,19,21-22,33H,10-12H2,1-5H3;2*5-10,12,14,18-19,22,32H,11,13H2,1-4H3,(H,30,33)(H,28,29,35)/t19-,21?,22?,27+;;18-,19?,22?,27+;18-,19+,22-,27+/m1.11/s1. The minimum absolute atomic E-state index is 0.0937. The van der Waals surface area contributed by atoms with Crippen molar-refractivity contribution in [1.29, 1.82) is 0 Å². The predicted molar refractivity (Wildman–Crippen MR) is 560 cm³/mol. The van der Waals surface area contributed by atoms with Gasteiger partial charge in [-0.05, 0) is 171 Å². The highest BCUT2D eigenvalue weighted by atomic mass is 32.1. The van der Waals surface area contributed by atoms with Crippen molar-refractivity contribution in [2.75, 3.05) is 26.2 Å². The topological polar surface area (TPSA) is 500 Å². The molecule has 0 saturated carbocycles. The highest BCUT2D eigenvalue weighted by Crippen LogP contribution is 2.47. The van der Waals surface area contributed by atoms with Crippen molar-refractivity contribution in [2.45, 2.75) is 257 Å². The maximum absolute atomic E-state index is 13.7. The lowest BCUT2D eigenvalue weighted by Crippen LogP contribution is -2.48. The smallest absolute Gasteiger partial charge is 0.280 e. The number of amidine groups is 2. The fourth-order valence-corrected chi connectivity index (χ4v) is 24.7. The minimum Gasteiger partial charge on any atom is -0.391 e. The maximum Gasteiger partial charge on any atom is 0.280 e. The summed E-state index contributed by atoms with van der Waals surface area (Å²) in [5.74, 6) is -2.59. The molecule has 0 bridgehead atoms. The van der Waals surface area contributed by atoms with E-state index >= 15 is 0 Å². The summed E-state index contributed by atoms with van der Waals surface area (Å²) in [4.78, 5) is 178. The molecule has 0 radical (unpaired) electrons. The van der Waals surface area contributed by atoms with Gasteiger partial charge < -0.3 is 68.8 Å². The number of hydrogen-bond donors (Lipinski definition) is 8. The van der Waals surface area contributed by atoms with E-state index in [9.17, 15) is 68.4 Å². The van der Waals surface area contributed by atoms with Gasteiger partial charge in [0.05, 0.1) is 91.6 Å². The third-order valence-corrected chi connectivity index (χ3v) is 33.5. The Morgan fingerprint density at radius 2 is 0.703 bits per heavy atom. The van der Waals surface area contributed by atoms with E-state index < -0.39 is 105 Å². The van der Waals surface area contributed by atoms with Crippen LogP contribution in [0.2, 0.25) is 0 Å². The molecule has 0 aliphatic carbocycles. The number of thiophene rings is 2. The van der Waals surface area contributed by atoms with E-state index in [1.165, 1.54) is 42.8 Å². The molecule has 4 aromatic carbocycles. The highest BCUT2D eigenvalue weighted by Gasteiger charge is 2.55. The summed E-state index contributed by atoms with van der Waals surface area (Å²) in [5, 5.41) is 64.1. The summed E-state index contributed by atoms with van der Waals surface area (Å²) >= 11 is 6.52. The number of nitrogens with zero attached hydrogens (tertiary/aromatic N) is 14. The van der Waals surface area contributed by atoms with Gasteiger partial charge >= 0.3 is 0 Å². The first-order valence-electron chi connectivity index (χ1n) is 49.6. The summed E-state index contributed by atoms with van der Waals surface area (Å²) in [7, 11) is 0. The molecule has 8 amide bonds. The van der Waals surface area contributed by atoms with Crippen LogP contribution in [-0.4, -0.2) is 226 Å². The molecule has 16 atom stereocenters. The number of carbonyl (C=O) groups excluding carboxylic acids is 8. The predicted octanol–water partition coefficient (Wildman–Crippen LogP) is 14.0. The van der Waals surface area contributed by atoms with Gasteiger partial charge in [-0.2, -0.15) is 20.3 Å². The van der Waals surface area contributed by atoms with Crippen molar-refractivity contribution in [3.05, 3.63) is 244 Å². The van der Waals surface area contributed by atoms with Gasteiger partial charge in [0.2, 0.25) is 35.4 Å². The average molecular weight is 2090 g/mol. The van der Waals surface area contributed by atoms with E-state index in [0.29, 0.717) is 60.4 Å². The Morgan fingerprint density at radius 1 is 0.399 bits per heavy atom. The van der Waals surface area contributed by atoms with Crippen LogP contribution in [0.5, 0.6) is 0 Å². The van der Waals surface area contributed by atoms with E-state index in [2.05, 4.69) is 97.9 Å². The lowest BCUT2D eigenvalue weighted by Gasteiger charge is -2.30. The molecule has 40 heteroatoms. The van der Waals surface area contributed by atoms with Gasteiger partial charge in [-0.15, -0.1) is 45.3 Å². The van der Waals surface area contributed by atoms with Crippen molar-refractivity contribution >= 4 is 116 Å². The number of likely N-dealkylation sites (tertiary alicyclic amines) is 4. The van der Waals surface area contributed by atoms with Crippen LogP contribution in [0.4, 0.5) is 0 Å². The average Bonchev–Trinajstić information content (AvgIpc) is 1.61. The number of aliphatic imine (C=N–C) groups is 4. The molecule has 12 aromatic rings. The van der Waals surface area contributed by atoms with Crippen LogP contribution < -0.4 is 21.8 Å². The third-order valence-electron chi connectivity index (χ3n) is 29.5. The number of aromatic amines is 2. The number of amides is 8. The maximum atomic E-state index is 13.7. The molecule has 8 N–H and O–H groups in total. The van der Waals surface area contributed by atoms with Crippen LogP contribution in [0.3, 0.4) is 0 Å². The molecule has 16 heterocycles. The Bertz CT molecular complexity index is 6830. The molecule has 8 aliphatic heterocycles. The Balaban J connectivity index is 0.000000135. The fourth-order valence-electron chi connectivity index (χ4n) is 21.2. The summed E-state index contributed by atoms with van der Waals surface area (Å²) in [6.07, 6.45) is -0.972. The molecule has 20 rings (SSSR count). The summed E-state index contributed by atoms with van der Waals surface area (Å²) in [6, 6.07) is 36.2. The first-order chi connectivity index (χ1) is 70.3. The third kappa shape index (κ3) is 21.0. The SMILES string of the molecule is Cc1ccsc1-c1ccc([C@]2(C)N=C(C3C[C@@H](O)CN3C(=O)C(c3cc(=O)[nH]o3)C(C)C)NC2=O)cc1.Cc1ccsc1-c1ccc([C@]2(C)N=C([C@@H]3C[C@@H](O)CN3C(=O)[C@@H](c3cc(=O)[nH]o3)C(C)C)NC2=O)cc1.Cc1noc(C(C(=O)N2CC(O)CC2C2=NC(=O)C(C)(c3ccc(-c4scnc4C)cc3)C2)C(C)C)n1.Cc1noc(C(C(=O)N2C[C@H](O)CC2C2=NC(=O)[C@](C)(c3ccc(-c4scnc4C)cc3)C2)C(C)C)n1. The first-order valence-corrected chi connectivity index (χ1v) is 53.1. The largest absolute Gasteiger partial charge is 0.391 e. The molecule has 776 valence electrons. The second-order valence-electron chi connectivity index (χ2n) is 41.7. The lowest BCUT2D eigenvalue weighted by atomic mass is 9.78. The van der Waals surface area contributed by atoms with E-state index in [1.807, 2.05) is 191 Å². The monoisotopic (exact) mass is 2090 g/mol. The van der Waals surface area contributed by atoms with Gasteiger partial charge in [-0.25, -0.2) is 29.9 Å². The number of thiazole rings is 2. The molecule has 8 unspecified atom stereocenters. The second kappa shape index (κ2) is 42.6. The minimum atomic E-state index is -1.16. The van der Waals surface area contributed by atoms with Crippen molar-refractivity contribution in [1.82, 2.24) is 70.8 Å². The Kier molecular flexibility index (Phi) is 30.5. The van der Waals surface area contributed by atoms with E-state index in [1.54, 1.807) is 82.8 Å². The van der Waals surface area contributed by atoms with Crippen molar-refractivity contribution in [3.8, 4) is 41.8 Å². The number of β-amino-alcohol motifs (C(OH)–C–C–N with tert-alkyl or cyclic N) is 4.